The van der Waals surface area contributed by atoms with Gasteiger partial charge in [0.15, 0.2) is 6.61 Å². The molecule has 0 bridgehead atoms. The van der Waals surface area contributed by atoms with Crippen LogP contribution in [0.2, 0.25) is 0 Å². The molecule has 0 aliphatic rings. The van der Waals surface area contributed by atoms with Gasteiger partial charge in [0.25, 0.3) is 0 Å². The van der Waals surface area contributed by atoms with E-state index in [1.54, 1.807) is 42.6 Å². The van der Waals surface area contributed by atoms with Crippen molar-refractivity contribution in [3.63, 3.8) is 0 Å². The van der Waals surface area contributed by atoms with Crippen molar-refractivity contribution in [3.8, 4) is 11.8 Å². The molecule has 0 atom stereocenters. The van der Waals surface area contributed by atoms with Crippen LogP contribution in [0.4, 0.5) is 0 Å². The number of benzene rings is 1. The Kier molecular flexibility index (Phi) is 4.68. The number of carbonyl (C=O) groups excluding carboxylic acids is 1. The van der Waals surface area contributed by atoms with E-state index in [-0.39, 0.29) is 13.2 Å². The summed E-state index contributed by atoms with van der Waals surface area (Å²) in [5.41, 5.74) is 1.04. The minimum Gasteiger partial charge on any atom is -0.481 e. The van der Waals surface area contributed by atoms with E-state index in [2.05, 4.69) is 4.98 Å². The van der Waals surface area contributed by atoms with Crippen LogP contribution in [0.3, 0.4) is 0 Å². The van der Waals surface area contributed by atoms with Crippen molar-refractivity contribution in [1.82, 2.24) is 4.98 Å². The molecule has 0 spiro atoms. The normalized spacial score (nSPS) is 9.55. The first-order valence-corrected chi connectivity index (χ1v) is 5.97. The van der Waals surface area contributed by atoms with Gasteiger partial charge in [-0.05, 0) is 24.3 Å². The highest BCUT2D eigenvalue weighted by Crippen LogP contribution is 2.16. The standard InChI is InChI=1S/C15H12N2O3/c16-9-12-5-1-2-7-14(12)19-11-15(18)20-10-13-6-3-4-8-17-13/h1-8H,10-11H2. The van der Waals surface area contributed by atoms with Crippen LogP contribution in [0.15, 0.2) is 48.7 Å². The number of nitrogens with zero attached hydrogens (tertiary/aromatic N) is 2. The van der Waals surface area contributed by atoms with E-state index in [1.165, 1.54) is 0 Å². The Labute approximate surface area is 116 Å². The fourth-order valence-electron chi connectivity index (χ4n) is 1.50. The van der Waals surface area contributed by atoms with Crippen molar-refractivity contribution in [3.05, 3.63) is 59.9 Å². The SMILES string of the molecule is N#Cc1ccccc1OCC(=O)OCc1ccccn1. The molecule has 0 fully saturated rings. The molecular formula is C15H12N2O3. The zero-order chi connectivity index (χ0) is 14.2. The number of para-hydroxylation sites is 1. The second kappa shape index (κ2) is 6.90. The third-order valence-electron chi connectivity index (χ3n) is 2.46. The van der Waals surface area contributed by atoms with Crippen molar-refractivity contribution < 1.29 is 14.3 Å². The molecule has 1 aromatic heterocycles. The number of esters is 1. The molecule has 1 heterocycles. The van der Waals surface area contributed by atoms with E-state index in [0.717, 1.165) is 0 Å². The molecule has 0 saturated carbocycles. The largest absolute Gasteiger partial charge is 0.481 e. The average molecular weight is 268 g/mol. The number of hydrogen-bond acceptors (Lipinski definition) is 5. The molecule has 20 heavy (non-hydrogen) atoms. The van der Waals surface area contributed by atoms with Gasteiger partial charge in [0.05, 0.1) is 11.3 Å². The van der Waals surface area contributed by atoms with Gasteiger partial charge >= 0.3 is 5.97 Å². The topological polar surface area (TPSA) is 72.2 Å². The number of nitriles is 1. The van der Waals surface area contributed by atoms with Gasteiger partial charge in [0, 0.05) is 6.20 Å². The minimum atomic E-state index is -0.511. The number of carbonyl (C=O) groups is 1. The minimum absolute atomic E-state index is 0.100. The maximum absolute atomic E-state index is 11.5. The summed E-state index contributed by atoms with van der Waals surface area (Å²) in [6.45, 7) is -0.144. The average Bonchev–Trinajstić information content (AvgIpc) is 2.52. The lowest BCUT2D eigenvalue weighted by atomic mass is 10.2. The number of ether oxygens (including phenoxy) is 2. The summed E-state index contributed by atoms with van der Waals surface area (Å²) in [6.07, 6.45) is 1.63. The van der Waals surface area contributed by atoms with Crippen LogP contribution in [0, 0.1) is 11.3 Å². The second-order valence-corrected chi connectivity index (χ2v) is 3.88. The Bertz CT molecular complexity index is 621. The molecule has 2 aromatic rings. The number of rotatable bonds is 5. The summed E-state index contributed by atoms with van der Waals surface area (Å²) in [6, 6.07) is 14.1. The monoisotopic (exact) mass is 268 g/mol. The third-order valence-corrected chi connectivity index (χ3v) is 2.46. The predicted octanol–water partition coefficient (Wildman–Crippen LogP) is 2.08. The molecule has 0 radical (unpaired) electrons. The predicted molar refractivity (Wildman–Crippen MR) is 70.7 cm³/mol. The van der Waals surface area contributed by atoms with Crippen molar-refractivity contribution >= 4 is 5.97 Å². The Morgan fingerprint density at radius 1 is 1.20 bits per heavy atom. The van der Waals surface area contributed by atoms with Crippen LogP contribution in [0.5, 0.6) is 5.75 Å². The highest BCUT2D eigenvalue weighted by atomic mass is 16.6. The third kappa shape index (κ3) is 3.82. The maximum Gasteiger partial charge on any atom is 0.344 e. The molecule has 1 aromatic carbocycles. The van der Waals surface area contributed by atoms with Gasteiger partial charge in [-0.1, -0.05) is 18.2 Å². The first-order valence-electron chi connectivity index (χ1n) is 5.97. The molecule has 0 saturated heterocycles. The van der Waals surface area contributed by atoms with E-state index >= 15 is 0 Å². The summed E-state index contributed by atoms with van der Waals surface area (Å²) < 4.78 is 10.3. The Hall–Kier alpha value is -2.87. The summed E-state index contributed by atoms with van der Waals surface area (Å²) in [4.78, 5) is 15.6. The van der Waals surface area contributed by atoms with E-state index in [0.29, 0.717) is 17.0 Å². The van der Waals surface area contributed by atoms with Gasteiger partial charge in [-0.3, -0.25) is 4.98 Å². The highest BCUT2D eigenvalue weighted by molar-refractivity contribution is 5.71. The zero-order valence-corrected chi connectivity index (χ0v) is 10.7. The maximum atomic E-state index is 11.5. The van der Waals surface area contributed by atoms with Crippen LogP contribution in [-0.4, -0.2) is 17.6 Å². The Balaban J connectivity index is 1.82. The van der Waals surface area contributed by atoms with Gasteiger partial charge in [0.1, 0.15) is 18.4 Å². The van der Waals surface area contributed by atoms with Crippen LogP contribution in [0.25, 0.3) is 0 Å². The molecule has 0 unspecified atom stereocenters. The van der Waals surface area contributed by atoms with Gasteiger partial charge in [-0.25, -0.2) is 4.79 Å². The summed E-state index contributed by atoms with van der Waals surface area (Å²) >= 11 is 0. The molecule has 0 aliphatic carbocycles. The molecule has 5 nitrogen and oxygen atoms in total. The number of pyridine rings is 1. The van der Waals surface area contributed by atoms with Crippen molar-refractivity contribution in [2.75, 3.05) is 6.61 Å². The summed E-state index contributed by atoms with van der Waals surface area (Å²) in [5.74, 6) is -0.145. The Morgan fingerprint density at radius 3 is 2.75 bits per heavy atom. The molecule has 5 heteroatoms. The van der Waals surface area contributed by atoms with Crippen molar-refractivity contribution in [2.45, 2.75) is 6.61 Å². The lowest BCUT2D eigenvalue weighted by Gasteiger charge is -2.07. The molecular weight excluding hydrogens is 256 g/mol. The van der Waals surface area contributed by atoms with E-state index < -0.39 is 5.97 Å². The number of hydrogen-bond donors (Lipinski definition) is 0. The van der Waals surface area contributed by atoms with Gasteiger partial charge in [-0.15, -0.1) is 0 Å². The molecule has 0 N–H and O–H groups in total. The molecule has 0 amide bonds. The van der Waals surface area contributed by atoms with Crippen molar-refractivity contribution in [1.29, 1.82) is 5.26 Å². The van der Waals surface area contributed by atoms with Crippen LogP contribution >= 0.6 is 0 Å². The van der Waals surface area contributed by atoms with Gasteiger partial charge < -0.3 is 9.47 Å². The first kappa shape index (κ1) is 13.6. The van der Waals surface area contributed by atoms with Crippen LogP contribution in [-0.2, 0) is 16.1 Å². The summed E-state index contributed by atoms with van der Waals surface area (Å²) in [5, 5.41) is 8.88. The smallest absolute Gasteiger partial charge is 0.344 e. The fraction of sp³-hybridized carbons (Fsp3) is 0.133. The summed E-state index contributed by atoms with van der Waals surface area (Å²) in [7, 11) is 0. The van der Waals surface area contributed by atoms with Crippen LogP contribution in [0.1, 0.15) is 11.3 Å². The lowest BCUT2D eigenvalue weighted by Crippen LogP contribution is -2.15. The van der Waals surface area contributed by atoms with E-state index in [1.807, 2.05) is 12.1 Å². The van der Waals surface area contributed by atoms with Crippen LogP contribution < -0.4 is 4.74 Å². The molecule has 0 aliphatic heterocycles. The van der Waals surface area contributed by atoms with Gasteiger partial charge in [0.2, 0.25) is 0 Å². The number of aromatic nitrogens is 1. The second-order valence-electron chi connectivity index (χ2n) is 3.88. The Morgan fingerprint density at radius 2 is 2.00 bits per heavy atom. The fourth-order valence-corrected chi connectivity index (χ4v) is 1.50. The van der Waals surface area contributed by atoms with Gasteiger partial charge in [-0.2, -0.15) is 5.26 Å². The van der Waals surface area contributed by atoms with E-state index in [9.17, 15) is 4.79 Å². The lowest BCUT2D eigenvalue weighted by molar-refractivity contribution is -0.147. The van der Waals surface area contributed by atoms with Crippen molar-refractivity contribution in [2.24, 2.45) is 0 Å². The first-order chi connectivity index (χ1) is 9.79. The molecule has 2 rings (SSSR count). The molecule has 100 valence electrons. The quantitative estimate of drug-likeness (QED) is 0.776. The zero-order valence-electron chi connectivity index (χ0n) is 10.7. The highest BCUT2D eigenvalue weighted by Gasteiger charge is 2.07. The van der Waals surface area contributed by atoms with E-state index in [4.69, 9.17) is 14.7 Å².